The van der Waals surface area contributed by atoms with Gasteiger partial charge in [-0.2, -0.15) is 0 Å². The minimum atomic E-state index is -0.483. The molecule has 1 amide bonds. The van der Waals surface area contributed by atoms with Crippen LogP contribution in [0.4, 0.5) is 15.9 Å². The van der Waals surface area contributed by atoms with Crippen molar-refractivity contribution in [1.29, 1.82) is 0 Å². The Bertz CT molecular complexity index is 604. The van der Waals surface area contributed by atoms with Gasteiger partial charge in [0.2, 0.25) is 0 Å². The molecule has 0 radical (unpaired) electrons. The highest BCUT2D eigenvalue weighted by molar-refractivity contribution is 9.10. The standard InChI is InChI=1S/C12H9BrFN3O/c13-9-2-1-5-16-11(9)17-12(18)8-4-3-7(14)6-10(8)15/h1-6H,15H2,(H,16,17,18). The van der Waals surface area contributed by atoms with Gasteiger partial charge in [0, 0.05) is 11.9 Å². The molecule has 0 atom stereocenters. The van der Waals surface area contributed by atoms with Gasteiger partial charge in [-0.25, -0.2) is 9.37 Å². The Morgan fingerprint density at radius 1 is 1.39 bits per heavy atom. The lowest BCUT2D eigenvalue weighted by atomic mass is 10.1. The highest BCUT2D eigenvalue weighted by Gasteiger charge is 2.12. The summed E-state index contributed by atoms with van der Waals surface area (Å²) in [6, 6.07) is 7.08. The fourth-order valence-corrected chi connectivity index (χ4v) is 1.75. The molecule has 0 bridgehead atoms. The zero-order valence-corrected chi connectivity index (χ0v) is 10.7. The average molecular weight is 310 g/mol. The molecular weight excluding hydrogens is 301 g/mol. The van der Waals surface area contributed by atoms with E-state index in [2.05, 4.69) is 26.2 Å². The second-order valence-corrected chi connectivity index (χ2v) is 4.37. The first kappa shape index (κ1) is 12.5. The molecule has 0 saturated heterocycles. The van der Waals surface area contributed by atoms with Crippen LogP contribution in [0.3, 0.4) is 0 Å². The zero-order valence-electron chi connectivity index (χ0n) is 9.15. The average Bonchev–Trinajstić information content (AvgIpc) is 2.32. The molecule has 0 saturated carbocycles. The Hall–Kier alpha value is -1.95. The number of nitrogen functional groups attached to an aromatic ring is 1. The van der Waals surface area contributed by atoms with E-state index in [4.69, 9.17) is 5.73 Å². The zero-order chi connectivity index (χ0) is 13.1. The molecule has 2 aromatic rings. The van der Waals surface area contributed by atoms with Gasteiger partial charge in [-0.15, -0.1) is 0 Å². The van der Waals surface area contributed by atoms with E-state index in [1.165, 1.54) is 12.1 Å². The molecule has 6 heteroatoms. The molecule has 0 aliphatic heterocycles. The Balaban J connectivity index is 2.25. The van der Waals surface area contributed by atoms with E-state index < -0.39 is 11.7 Å². The van der Waals surface area contributed by atoms with Crippen LogP contribution in [0.1, 0.15) is 10.4 Å². The molecule has 18 heavy (non-hydrogen) atoms. The summed E-state index contributed by atoms with van der Waals surface area (Å²) in [4.78, 5) is 15.9. The topological polar surface area (TPSA) is 68.0 Å². The second kappa shape index (κ2) is 5.14. The van der Waals surface area contributed by atoms with Crippen molar-refractivity contribution in [3.8, 4) is 0 Å². The van der Waals surface area contributed by atoms with E-state index in [1.54, 1.807) is 18.3 Å². The Morgan fingerprint density at radius 3 is 2.83 bits per heavy atom. The molecule has 3 N–H and O–H groups in total. The summed E-state index contributed by atoms with van der Waals surface area (Å²) in [7, 11) is 0. The summed E-state index contributed by atoms with van der Waals surface area (Å²) in [5.41, 5.74) is 5.87. The van der Waals surface area contributed by atoms with Gasteiger partial charge >= 0.3 is 0 Å². The number of pyridine rings is 1. The van der Waals surface area contributed by atoms with Crippen LogP contribution in [-0.4, -0.2) is 10.9 Å². The number of hydrogen-bond donors (Lipinski definition) is 2. The van der Waals surface area contributed by atoms with Crippen LogP contribution in [0.15, 0.2) is 41.0 Å². The number of aromatic nitrogens is 1. The number of nitrogens with one attached hydrogen (secondary N) is 1. The third-order valence-corrected chi connectivity index (χ3v) is 2.89. The van der Waals surface area contributed by atoms with Gasteiger partial charge in [0.15, 0.2) is 0 Å². The lowest BCUT2D eigenvalue weighted by Crippen LogP contribution is -2.15. The van der Waals surface area contributed by atoms with E-state index in [9.17, 15) is 9.18 Å². The smallest absolute Gasteiger partial charge is 0.258 e. The summed E-state index contributed by atoms with van der Waals surface area (Å²) in [5.74, 6) is -0.541. The van der Waals surface area contributed by atoms with E-state index in [0.717, 1.165) is 6.07 Å². The van der Waals surface area contributed by atoms with Gasteiger partial charge in [-0.1, -0.05) is 0 Å². The van der Waals surface area contributed by atoms with Crippen molar-refractivity contribution in [3.05, 3.63) is 52.4 Å². The Labute approximate surface area is 111 Å². The molecule has 2 rings (SSSR count). The maximum atomic E-state index is 12.9. The highest BCUT2D eigenvalue weighted by atomic mass is 79.9. The van der Waals surface area contributed by atoms with Crippen molar-refractivity contribution in [1.82, 2.24) is 4.98 Å². The third kappa shape index (κ3) is 2.65. The van der Waals surface area contributed by atoms with Gasteiger partial charge in [0.1, 0.15) is 11.6 Å². The molecule has 0 fully saturated rings. The number of benzene rings is 1. The monoisotopic (exact) mass is 309 g/mol. The molecule has 0 aliphatic rings. The van der Waals surface area contributed by atoms with Crippen LogP contribution in [0.2, 0.25) is 0 Å². The van der Waals surface area contributed by atoms with Gasteiger partial charge in [-0.3, -0.25) is 4.79 Å². The number of nitrogens with two attached hydrogens (primary N) is 1. The minimum absolute atomic E-state index is 0.0829. The first-order chi connectivity index (χ1) is 8.58. The molecular formula is C12H9BrFN3O. The molecule has 1 heterocycles. The van der Waals surface area contributed by atoms with E-state index in [0.29, 0.717) is 10.3 Å². The van der Waals surface area contributed by atoms with Crippen molar-refractivity contribution in [2.45, 2.75) is 0 Å². The third-order valence-electron chi connectivity index (χ3n) is 2.25. The molecule has 92 valence electrons. The molecule has 0 aliphatic carbocycles. The first-order valence-electron chi connectivity index (χ1n) is 5.05. The number of carbonyl (C=O) groups is 1. The van der Waals surface area contributed by atoms with Gasteiger partial charge < -0.3 is 11.1 Å². The van der Waals surface area contributed by atoms with Crippen LogP contribution in [-0.2, 0) is 0 Å². The van der Waals surface area contributed by atoms with Crippen LogP contribution >= 0.6 is 15.9 Å². The number of carbonyl (C=O) groups excluding carboxylic acids is 1. The van der Waals surface area contributed by atoms with Gasteiger partial charge in [0.05, 0.1) is 10.0 Å². The normalized spacial score (nSPS) is 10.1. The van der Waals surface area contributed by atoms with Crippen molar-refractivity contribution < 1.29 is 9.18 Å². The second-order valence-electron chi connectivity index (χ2n) is 3.52. The largest absolute Gasteiger partial charge is 0.398 e. The predicted molar refractivity (Wildman–Crippen MR) is 70.7 cm³/mol. The summed E-state index contributed by atoms with van der Waals surface area (Å²) in [6.07, 6.45) is 1.55. The number of hydrogen-bond acceptors (Lipinski definition) is 3. The fourth-order valence-electron chi connectivity index (χ4n) is 1.39. The van der Waals surface area contributed by atoms with Gasteiger partial charge in [-0.05, 0) is 46.3 Å². The lowest BCUT2D eigenvalue weighted by molar-refractivity contribution is 0.102. The summed E-state index contributed by atoms with van der Waals surface area (Å²) in [5, 5.41) is 2.59. The number of nitrogens with zero attached hydrogens (tertiary/aromatic N) is 1. The van der Waals surface area contributed by atoms with Gasteiger partial charge in [0.25, 0.3) is 5.91 Å². The first-order valence-corrected chi connectivity index (χ1v) is 5.84. The van der Waals surface area contributed by atoms with E-state index in [1.807, 2.05) is 0 Å². The highest BCUT2D eigenvalue weighted by Crippen LogP contribution is 2.20. The summed E-state index contributed by atoms with van der Waals surface area (Å²) >= 11 is 3.26. The van der Waals surface area contributed by atoms with Crippen molar-refractivity contribution in [2.24, 2.45) is 0 Å². The summed E-state index contributed by atoms with van der Waals surface area (Å²) in [6.45, 7) is 0. The molecule has 1 aromatic carbocycles. The van der Waals surface area contributed by atoms with Crippen LogP contribution in [0.25, 0.3) is 0 Å². The predicted octanol–water partition coefficient (Wildman–Crippen LogP) is 2.82. The lowest BCUT2D eigenvalue weighted by Gasteiger charge is -2.08. The van der Waals surface area contributed by atoms with E-state index in [-0.39, 0.29) is 11.3 Å². The number of rotatable bonds is 2. The quantitative estimate of drug-likeness (QED) is 0.838. The summed E-state index contributed by atoms with van der Waals surface area (Å²) < 4.78 is 13.5. The molecule has 4 nitrogen and oxygen atoms in total. The maximum Gasteiger partial charge on any atom is 0.258 e. The Kier molecular flexibility index (Phi) is 3.57. The number of anilines is 2. The molecule has 0 spiro atoms. The fraction of sp³-hybridized carbons (Fsp3) is 0. The molecule has 0 unspecified atom stereocenters. The van der Waals surface area contributed by atoms with Crippen molar-refractivity contribution in [3.63, 3.8) is 0 Å². The molecule has 1 aromatic heterocycles. The number of halogens is 2. The van der Waals surface area contributed by atoms with Crippen molar-refractivity contribution in [2.75, 3.05) is 11.1 Å². The van der Waals surface area contributed by atoms with Crippen molar-refractivity contribution >= 4 is 33.3 Å². The Morgan fingerprint density at radius 2 is 2.17 bits per heavy atom. The minimum Gasteiger partial charge on any atom is -0.398 e. The van der Waals surface area contributed by atoms with E-state index >= 15 is 0 Å². The van der Waals surface area contributed by atoms with Crippen LogP contribution < -0.4 is 11.1 Å². The van der Waals surface area contributed by atoms with Crippen LogP contribution in [0, 0.1) is 5.82 Å². The van der Waals surface area contributed by atoms with Crippen LogP contribution in [0.5, 0.6) is 0 Å². The maximum absolute atomic E-state index is 12.9. The SMILES string of the molecule is Nc1cc(F)ccc1C(=O)Nc1ncccc1Br. The number of amides is 1.